The zero-order valence-corrected chi connectivity index (χ0v) is 23.0. The van der Waals surface area contributed by atoms with Crippen molar-refractivity contribution in [2.24, 2.45) is 11.8 Å². The minimum absolute atomic E-state index is 0.0288. The van der Waals surface area contributed by atoms with Crippen LogP contribution in [0.15, 0.2) is 18.2 Å². The van der Waals surface area contributed by atoms with Gasteiger partial charge in [0.2, 0.25) is 5.91 Å². The fourth-order valence-electron chi connectivity index (χ4n) is 5.17. The number of halogens is 2. The van der Waals surface area contributed by atoms with E-state index < -0.39 is 0 Å². The predicted octanol–water partition coefficient (Wildman–Crippen LogP) is 4.84. The van der Waals surface area contributed by atoms with E-state index in [1.54, 1.807) is 18.2 Å². The first-order valence-electron chi connectivity index (χ1n) is 13.3. The zero-order chi connectivity index (χ0) is 25.4. The van der Waals surface area contributed by atoms with E-state index in [4.69, 9.17) is 23.2 Å². The predicted molar refractivity (Wildman–Crippen MR) is 144 cm³/mol. The number of piperidine rings is 1. The molecule has 6 nitrogen and oxygen atoms in total. The summed E-state index contributed by atoms with van der Waals surface area (Å²) >= 11 is 12.1. The van der Waals surface area contributed by atoms with Crippen LogP contribution in [0.3, 0.4) is 0 Å². The SMILES string of the molecule is CC[C@@H](CN1CC[C@H](CNC(=O)c2ccc(Cl)c(Cl)c2)N[C@H](CCN2CCCCC2)C1=O)C(C)C. The Morgan fingerprint density at radius 2 is 1.89 bits per heavy atom. The van der Waals surface area contributed by atoms with Crippen LogP contribution in [0.1, 0.15) is 69.7 Å². The van der Waals surface area contributed by atoms with Crippen LogP contribution in [-0.4, -0.2) is 73.0 Å². The van der Waals surface area contributed by atoms with Crippen molar-refractivity contribution in [3.63, 3.8) is 0 Å². The summed E-state index contributed by atoms with van der Waals surface area (Å²) in [7, 11) is 0. The highest BCUT2D eigenvalue weighted by Crippen LogP contribution is 2.23. The molecule has 0 unspecified atom stereocenters. The van der Waals surface area contributed by atoms with Gasteiger partial charge in [0.1, 0.15) is 0 Å². The second-order valence-corrected chi connectivity index (χ2v) is 11.2. The molecule has 2 fully saturated rings. The number of carbonyl (C=O) groups is 2. The van der Waals surface area contributed by atoms with Crippen LogP contribution in [0.2, 0.25) is 10.0 Å². The lowest BCUT2D eigenvalue weighted by atomic mass is 9.92. The lowest BCUT2D eigenvalue weighted by Crippen LogP contribution is -2.50. The van der Waals surface area contributed by atoms with Gasteiger partial charge in [0, 0.05) is 37.8 Å². The lowest BCUT2D eigenvalue weighted by molar-refractivity contribution is -0.133. The molecular formula is C27H42Cl2N4O2. The maximum absolute atomic E-state index is 13.6. The van der Waals surface area contributed by atoms with Crippen molar-refractivity contribution < 1.29 is 9.59 Å². The quantitative estimate of drug-likeness (QED) is 0.459. The Morgan fingerprint density at radius 1 is 1.14 bits per heavy atom. The number of benzene rings is 1. The molecule has 3 atom stereocenters. The Morgan fingerprint density at radius 3 is 2.54 bits per heavy atom. The van der Waals surface area contributed by atoms with Crippen LogP contribution in [0.5, 0.6) is 0 Å². The summed E-state index contributed by atoms with van der Waals surface area (Å²) in [4.78, 5) is 30.9. The second kappa shape index (κ2) is 13.8. The number of nitrogens with zero attached hydrogens (tertiary/aromatic N) is 2. The normalized spacial score (nSPS) is 22.8. The van der Waals surface area contributed by atoms with Gasteiger partial charge in [-0.25, -0.2) is 0 Å². The Bertz CT molecular complexity index is 844. The number of nitrogens with one attached hydrogen (secondary N) is 2. The third-order valence-corrected chi connectivity index (χ3v) is 8.33. The minimum atomic E-state index is -0.226. The summed E-state index contributed by atoms with van der Waals surface area (Å²) in [6.07, 6.45) is 6.46. The van der Waals surface area contributed by atoms with Gasteiger partial charge in [0.25, 0.3) is 5.91 Å². The Kier molecular flexibility index (Phi) is 11.2. The van der Waals surface area contributed by atoms with Crippen molar-refractivity contribution in [1.29, 1.82) is 0 Å². The molecule has 2 aliphatic heterocycles. The Hall–Kier alpha value is -1.34. The summed E-state index contributed by atoms with van der Waals surface area (Å²) in [6, 6.07) is 4.70. The maximum atomic E-state index is 13.6. The minimum Gasteiger partial charge on any atom is -0.350 e. The molecule has 2 N–H and O–H groups in total. The van der Waals surface area contributed by atoms with Gasteiger partial charge in [-0.15, -0.1) is 0 Å². The monoisotopic (exact) mass is 524 g/mol. The number of hydrogen-bond acceptors (Lipinski definition) is 4. The van der Waals surface area contributed by atoms with E-state index in [1.807, 2.05) is 0 Å². The van der Waals surface area contributed by atoms with E-state index in [2.05, 4.69) is 41.2 Å². The topological polar surface area (TPSA) is 64.7 Å². The van der Waals surface area contributed by atoms with Crippen molar-refractivity contribution in [2.45, 2.75) is 71.4 Å². The molecule has 2 amide bonds. The van der Waals surface area contributed by atoms with Gasteiger partial charge in [0.05, 0.1) is 16.1 Å². The molecule has 2 aliphatic rings. The molecule has 0 spiro atoms. The van der Waals surface area contributed by atoms with Gasteiger partial charge < -0.3 is 20.4 Å². The molecule has 0 saturated carbocycles. The van der Waals surface area contributed by atoms with E-state index in [-0.39, 0.29) is 23.9 Å². The maximum Gasteiger partial charge on any atom is 0.251 e. The Labute approximate surface area is 221 Å². The number of carbonyl (C=O) groups excluding carboxylic acids is 2. The van der Waals surface area contributed by atoms with Crippen LogP contribution in [-0.2, 0) is 4.79 Å². The standard InChI is InChI=1S/C27H42Cl2N4O2/c1-4-20(19(2)3)18-33-15-10-22(17-30-26(34)21-8-9-23(28)24(29)16-21)31-25(27(33)35)11-14-32-12-6-5-7-13-32/h8-9,16,19-20,22,25,31H,4-7,10-15,17-18H2,1-3H3,(H,30,34)/t20-,22+,25+/m0/s1. The third-order valence-electron chi connectivity index (χ3n) is 7.59. The molecule has 0 aromatic heterocycles. The molecule has 0 aliphatic carbocycles. The molecule has 1 aromatic carbocycles. The van der Waals surface area contributed by atoms with E-state index >= 15 is 0 Å². The highest BCUT2D eigenvalue weighted by molar-refractivity contribution is 6.42. The summed E-state index contributed by atoms with van der Waals surface area (Å²) in [5.74, 6) is 1.05. The van der Waals surface area contributed by atoms with E-state index in [9.17, 15) is 9.59 Å². The number of likely N-dealkylation sites (tertiary alicyclic amines) is 1. The molecule has 0 radical (unpaired) electrons. The van der Waals surface area contributed by atoms with Crippen molar-refractivity contribution >= 4 is 35.0 Å². The fraction of sp³-hybridized carbons (Fsp3) is 0.704. The largest absolute Gasteiger partial charge is 0.350 e. The fourth-order valence-corrected chi connectivity index (χ4v) is 5.47. The van der Waals surface area contributed by atoms with Gasteiger partial charge in [-0.3, -0.25) is 9.59 Å². The van der Waals surface area contributed by atoms with Crippen molar-refractivity contribution in [3.8, 4) is 0 Å². The molecule has 8 heteroatoms. The van der Waals surface area contributed by atoms with Crippen LogP contribution in [0.25, 0.3) is 0 Å². The summed E-state index contributed by atoms with van der Waals surface area (Å²) in [6.45, 7) is 11.8. The average Bonchev–Trinajstić information content (AvgIpc) is 3.00. The van der Waals surface area contributed by atoms with Crippen LogP contribution in [0, 0.1) is 11.8 Å². The van der Waals surface area contributed by atoms with Crippen LogP contribution >= 0.6 is 23.2 Å². The average molecular weight is 526 g/mol. The van der Waals surface area contributed by atoms with E-state index in [0.717, 1.165) is 45.4 Å². The summed E-state index contributed by atoms with van der Waals surface area (Å²) < 4.78 is 0. The summed E-state index contributed by atoms with van der Waals surface area (Å²) in [5.41, 5.74) is 0.482. The highest BCUT2D eigenvalue weighted by Gasteiger charge is 2.32. The second-order valence-electron chi connectivity index (χ2n) is 10.4. The molecule has 2 heterocycles. The van der Waals surface area contributed by atoms with E-state index in [1.165, 1.54) is 19.3 Å². The van der Waals surface area contributed by atoms with Gasteiger partial charge in [0.15, 0.2) is 0 Å². The molecule has 196 valence electrons. The van der Waals surface area contributed by atoms with Crippen LogP contribution < -0.4 is 10.6 Å². The smallest absolute Gasteiger partial charge is 0.251 e. The van der Waals surface area contributed by atoms with Gasteiger partial charge in [-0.05, 0) is 68.8 Å². The Balaban J connectivity index is 1.65. The molecular weight excluding hydrogens is 483 g/mol. The van der Waals surface area contributed by atoms with Gasteiger partial charge >= 0.3 is 0 Å². The van der Waals surface area contributed by atoms with Crippen molar-refractivity contribution in [2.75, 3.05) is 39.3 Å². The summed E-state index contributed by atoms with van der Waals surface area (Å²) in [5, 5.41) is 7.42. The number of amides is 2. The third kappa shape index (κ3) is 8.34. The molecule has 1 aromatic rings. The first-order valence-corrected chi connectivity index (χ1v) is 14.0. The van der Waals surface area contributed by atoms with E-state index in [0.29, 0.717) is 40.5 Å². The highest BCUT2D eigenvalue weighted by atomic mass is 35.5. The van der Waals surface area contributed by atoms with Crippen molar-refractivity contribution in [1.82, 2.24) is 20.4 Å². The van der Waals surface area contributed by atoms with Gasteiger partial charge in [-0.2, -0.15) is 0 Å². The molecule has 3 rings (SSSR count). The molecule has 2 saturated heterocycles. The first kappa shape index (κ1) is 28.2. The first-order chi connectivity index (χ1) is 16.8. The molecule has 35 heavy (non-hydrogen) atoms. The number of hydrogen-bond donors (Lipinski definition) is 2. The number of rotatable bonds is 10. The van der Waals surface area contributed by atoms with Crippen LogP contribution in [0.4, 0.5) is 0 Å². The van der Waals surface area contributed by atoms with Crippen molar-refractivity contribution in [3.05, 3.63) is 33.8 Å². The lowest BCUT2D eigenvalue weighted by Gasteiger charge is -2.31. The van der Waals surface area contributed by atoms with Gasteiger partial charge in [-0.1, -0.05) is 56.8 Å². The molecule has 0 bridgehead atoms. The zero-order valence-electron chi connectivity index (χ0n) is 21.5.